The number of carboxylic acids is 1. The first kappa shape index (κ1) is 15.8. The number of aliphatic carboxylic acids is 1. The van der Waals surface area contributed by atoms with Gasteiger partial charge in [0.25, 0.3) is 0 Å². The number of halogens is 1. The van der Waals surface area contributed by atoms with E-state index in [1.807, 2.05) is 18.2 Å². The summed E-state index contributed by atoms with van der Waals surface area (Å²) in [4.78, 5) is 10.6. The van der Waals surface area contributed by atoms with Crippen LogP contribution in [0.4, 0.5) is 0 Å². The zero-order chi connectivity index (χ0) is 14.3. The highest BCUT2D eigenvalue weighted by Gasteiger charge is 2.03. The van der Waals surface area contributed by atoms with Gasteiger partial charge in [-0.2, -0.15) is 0 Å². The molecule has 1 aromatic carbocycles. The second-order valence-corrected chi connectivity index (χ2v) is 5.65. The van der Waals surface area contributed by atoms with Gasteiger partial charge in [0.2, 0.25) is 0 Å². The van der Waals surface area contributed by atoms with Crippen molar-refractivity contribution in [3.63, 3.8) is 0 Å². The zero-order valence-electron chi connectivity index (χ0n) is 11.2. The molecule has 0 amide bonds. The summed E-state index contributed by atoms with van der Waals surface area (Å²) in [6, 6.07) is 5.58. The molecule has 0 aromatic heterocycles. The van der Waals surface area contributed by atoms with Crippen LogP contribution in [0.5, 0.6) is 5.75 Å². The molecule has 19 heavy (non-hydrogen) atoms. The van der Waals surface area contributed by atoms with Crippen molar-refractivity contribution >= 4 is 28.0 Å². The maximum Gasteiger partial charge on any atom is 0.328 e. The fourth-order valence-corrected chi connectivity index (χ4v) is 1.99. The highest BCUT2D eigenvalue weighted by molar-refractivity contribution is 9.10. The average molecular weight is 327 g/mol. The lowest BCUT2D eigenvalue weighted by Gasteiger charge is -2.10. The van der Waals surface area contributed by atoms with E-state index in [0.29, 0.717) is 18.3 Å². The Morgan fingerprint density at radius 3 is 2.84 bits per heavy atom. The number of carbonyl (C=O) groups is 1. The van der Waals surface area contributed by atoms with E-state index in [-0.39, 0.29) is 0 Å². The van der Waals surface area contributed by atoms with E-state index in [9.17, 15) is 4.79 Å². The Morgan fingerprint density at radius 2 is 2.21 bits per heavy atom. The fraction of sp³-hybridized carbons (Fsp3) is 0.400. The van der Waals surface area contributed by atoms with E-state index in [1.165, 1.54) is 0 Å². The van der Waals surface area contributed by atoms with Gasteiger partial charge in [-0.15, -0.1) is 0 Å². The van der Waals surface area contributed by atoms with Gasteiger partial charge in [-0.05, 0) is 43.0 Å². The van der Waals surface area contributed by atoms with Gasteiger partial charge in [-0.1, -0.05) is 29.8 Å². The second-order valence-electron chi connectivity index (χ2n) is 4.74. The molecule has 1 aromatic rings. The minimum Gasteiger partial charge on any atom is -0.493 e. The Labute approximate surface area is 122 Å². The van der Waals surface area contributed by atoms with Crippen LogP contribution < -0.4 is 4.74 Å². The predicted molar refractivity (Wildman–Crippen MR) is 80.4 cm³/mol. The lowest BCUT2D eigenvalue weighted by atomic mass is 10.1. The van der Waals surface area contributed by atoms with Crippen molar-refractivity contribution in [2.75, 3.05) is 6.61 Å². The van der Waals surface area contributed by atoms with Gasteiger partial charge in [0.05, 0.1) is 6.61 Å². The molecule has 0 unspecified atom stereocenters. The van der Waals surface area contributed by atoms with E-state index < -0.39 is 5.97 Å². The summed E-state index contributed by atoms with van der Waals surface area (Å²) in [5.74, 6) is 0.412. The van der Waals surface area contributed by atoms with E-state index in [2.05, 4.69) is 29.8 Å². The van der Waals surface area contributed by atoms with Gasteiger partial charge in [-0.25, -0.2) is 4.79 Å². The van der Waals surface area contributed by atoms with Gasteiger partial charge in [-0.3, -0.25) is 0 Å². The number of benzene rings is 1. The molecule has 0 heterocycles. The Balaban J connectivity index is 2.68. The van der Waals surface area contributed by atoms with Crippen LogP contribution in [0.15, 0.2) is 28.7 Å². The number of rotatable bonds is 7. The van der Waals surface area contributed by atoms with Crippen molar-refractivity contribution in [1.82, 2.24) is 0 Å². The predicted octanol–water partition coefficient (Wildman–Crippen LogP) is 4.36. The first-order valence-electron chi connectivity index (χ1n) is 6.32. The molecule has 1 rings (SSSR count). The zero-order valence-corrected chi connectivity index (χ0v) is 12.8. The summed E-state index contributed by atoms with van der Waals surface area (Å²) in [5, 5.41) is 8.67. The molecule has 0 radical (unpaired) electrons. The molecule has 0 atom stereocenters. The largest absolute Gasteiger partial charge is 0.493 e. The lowest BCUT2D eigenvalue weighted by Crippen LogP contribution is -2.01. The third kappa shape index (κ3) is 6.43. The van der Waals surface area contributed by atoms with Gasteiger partial charge in [0.15, 0.2) is 0 Å². The van der Waals surface area contributed by atoms with Crippen LogP contribution in [0.3, 0.4) is 0 Å². The van der Waals surface area contributed by atoms with Crippen molar-refractivity contribution in [3.05, 3.63) is 34.3 Å². The maximum atomic E-state index is 10.6. The van der Waals surface area contributed by atoms with Gasteiger partial charge >= 0.3 is 5.97 Å². The average Bonchev–Trinajstić information content (AvgIpc) is 2.33. The first-order valence-corrected chi connectivity index (χ1v) is 7.11. The third-order valence-electron chi connectivity index (χ3n) is 2.56. The molecule has 0 bridgehead atoms. The van der Waals surface area contributed by atoms with E-state index in [4.69, 9.17) is 9.84 Å². The quantitative estimate of drug-likeness (QED) is 0.598. The number of ether oxygens (including phenoxy) is 1. The monoisotopic (exact) mass is 326 g/mol. The summed E-state index contributed by atoms with van der Waals surface area (Å²) in [6.45, 7) is 5.01. The molecule has 0 aliphatic rings. The Bertz CT molecular complexity index is 453. The third-order valence-corrected chi connectivity index (χ3v) is 3.05. The fourth-order valence-electron chi connectivity index (χ4n) is 1.62. The lowest BCUT2D eigenvalue weighted by molar-refractivity contribution is -0.131. The Kier molecular flexibility index (Phi) is 6.64. The van der Waals surface area contributed by atoms with Crippen molar-refractivity contribution < 1.29 is 14.6 Å². The van der Waals surface area contributed by atoms with Crippen molar-refractivity contribution in [1.29, 1.82) is 0 Å². The molecule has 0 spiro atoms. The van der Waals surface area contributed by atoms with E-state index in [1.54, 1.807) is 6.08 Å². The van der Waals surface area contributed by atoms with Crippen molar-refractivity contribution in [3.8, 4) is 5.75 Å². The summed E-state index contributed by atoms with van der Waals surface area (Å²) >= 11 is 3.37. The molecule has 4 heteroatoms. The van der Waals surface area contributed by atoms with Crippen LogP contribution in [0, 0.1) is 5.92 Å². The second kappa shape index (κ2) is 8.00. The standard InChI is InChI=1S/C15H19BrO3/c1-11(2)4-3-9-19-14-7-6-13(16)10-12(14)5-8-15(17)18/h5-8,10-11H,3-4,9H2,1-2H3,(H,17,18)/b8-5+. The molecule has 0 aliphatic carbocycles. The highest BCUT2D eigenvalue weighted by atomic mass is 79.9. The minimum absolute atomic E-state index is 0.647. The highest BCUT2D eigenvalue weighted by Crippen LogP contribution is 2.25. The molecule has 0 saturated heterocycles. The van der Waals surface area contributed by atoms with Crippen molar-refractivity contribution in [2.24, 2.45) is 5.92 Å². The van der Waals surface area contributed by atoms with Gasteiger partial charge in [0, 0.05) is 16.1 Å². The Hall–Kier alpha value is -1.29. The molecule has 104 valence electrons. The Morgan fingerprint density at radius 1 is 1.47 bits per heavy atom. The molecular formula is C15H19BrO3. The number of hydrogen-bond donors (Lipinski definition) is 1. The summed E-state index contributed by atoms with van der Waals surface area (Å²) in [7, 11) is 0. The van der Waals surface area contributed by atoms with Crippen LogP contribution >= 0.6 is 15.9 Å². The smallest absolute Gasteiger partial charge is 0.328 e. The number of hydrogen-bond acceptors (Lipinski definition) is 2. The SMILES string of the molecule is CC(C)CCCOc1ccc(Br)cc1/C=C/C(=O)O. The maximum absolute atomic E-state index is 10.6. The molecule has 0 fully saturated rings. The van der Waals surface area contributed by atoms with Crippen LogP contribution in [-0.2, 0) is 4.79 Å². The molecule has 0 saturated carbocycles. The first-order chi connectivity index (χ1) is 8.99. The van der Waals surface area contributed by atoms with Crippen LogP contribution in [-0.4, -0.2) is 17.7 Å². The summed E-state index contributed by atoms with van der Waals surface area (Å²) in [5.41, 5.74) is 0.765. The van der Waals surface area contributed by atoms with E-state index >= 15 is 0 Å². The molecular weight excluding hydrogens is 308 g/mol. The van der Waals surface area contributed by atoms with Crippen LogP contribution in [0.2, 0.25) is 0 Å². The van der Waals surface area contributed by atoms with Crippen molar-refractivity contribution in [2.45, 2.75) is 26.7 Å². The van der Waals surface area contributed by atoms with Gasteiger partial charge in [0.1, 0.15) is 5.75 Å². The minimum atomic E-state index is -0.967. The normalized spacial score (nSPS) is 11.2. The summed E-state index contributed by atoms with van der Waals surface area (Å²) < 4.78 is 6.61. The van der Waals surface area contributed by atoms with Crippen LogP contribution in [0.1, 0.15) is 32.3 Å². The van der Waals surface area contributed by atoms with E-state index in [0.717, 1.165) is 29.0 Å². The molecule has 1 N–H and O–H groups in total. The molecule has 3 nitrogen and oxygen atoms in total. The summed E-state index contributed by atoms with van der Waals surface area (Å²) in [6.07, 6.45) is 4.78. The van der Waals surface area contributed by atoms with Crippen LogP contribution in [0.25, 0.3) is 6.08 Å². The van der Waals surface area contributed by atoms with Gasteiger partial charge < -0.3 is 9.84 Å². The molecule has 0 aliphatic heterocycles. The topological polar surface area (TPSA) is 46.5 Å². The number of carboxylic acid groups (broad SMARTS) is 1.